The van der Waals surface area contributed by atoms with Crippen LogP contribution in [0.25, 0.3) is 0 Å². The molecule has 1 aromatic carbocycles. The first-order valence-corrected chi connectivity index (χ1v) is 6.46. The van der Waals surface area contributed by atoms with E-state index in [-0.39, 0.29) is 0 Å². The third-order valence-electron chi connectivity index (χ3n) is 2.85. The molecule has 21 heavy (non-hydrogen) atoms. The predicted octanol–water partition coefficient (Wildman–Crippen LogP) is 1.53. The van der Waals surface area contributed by atoms with E-state index in [0.29, 0.717) is 30.6 Å². The smallest absolute Gasteiger partial charge is 0.158 e. The highest BCUT2D eigenvalue weighted by Crippen LogP contribution is 2.19. The number of nitrogens with zero attached hydrogens (tertiary/aromatic N) is 2. The highest BCUT2D eigenvalue weighted by Gasteiger charge is 2.06. The summed E-state index contributed by atoms with van der Waals surface area (Å²) in [5.41, 5.74) is 3.55. The maximum Gasteiger partial charge on any atom is 0.158 e. The Morgan fingerprint density at radius 1 is 1.14 bits per heavy atom. The van der Waals surface area contributed by atoms with Crippen LogP contribution < -0.4 is 21.3 Å². The minimum absolute atomic E-state index is 0.318. The molecule has 0 amide bonds. The Morgan fingerprint density at radius 3 is 2.62 bits per heavy atom. The Hall–Kier alpha value is -2.38. The Balaban J connectivity index is 2.13. The average molecular weight is 289 g/mol. The molecule has 0 saturated heterocycles. The summed E-state index contributed by atoms with van der Waals surface area (Å²) in [4.78, 5) is 8.55. The van der Waals surface area contributed by atoms with Gasteiger partial charge >= 0.3 is 0 Å². The molecule has 0 unspecified atom stereocenters. The van der Waals surface area contributed by atoms with Gasteiger partial charge in [0, 0.05) is 25.3 Å². The fourth-order valence-corrected chi connectivity index (χ4v) is 1.89. The molecule has 0 radical (unpaired) electrons. The highest BCUT2D eigenvalue weighted by molar-refractivity contribution is 5.48. The van der Waals surface area contributed by atoms with Gasteiger partial charge in [0.2, 0.25) is 0 Å². The number of aromatic nitrogens is 2. The van der Waals surface area contributed by atoms with Gasteiger partial charge in [-0.2, -0.15) is 0 Å². The molecular weight excluding hydrogens is 270 g/mol. The highest BCUT2D eigenvalue weighted by atomic mass is 16.5. The Kier molecular flexibility index (Phi) is 5.30. The molecule has 1 heterocycles. The minimum atomic E-state index is 0.318. The maximum absolute atomic E-state index is 5.41. The first kappa shape index (κ1) is 15.0. The minimum Gasteiger partial charge on any atom is -0.496 e. The number of methoxy groups -OCH3 is 2. The fraction of sp³-hybridized carbons (Fsp3) is 0.286. The van der Waals surface area contributed by atoms with Crippen molar-refractivity contribution in [2.75, 3.05) is 25.0 Å². The van der Waals surface area contributed by atoms with Crippen molar-refractivity contribution in [1.29, 1.82) is 0 Å². The van der Waals surface area contributed by atoms with E-state index in [1.165, 1.54) is 0 Å². The van der Waals surface area contributed by atoms with Crippen LogP contribution in [-0.4, -0.2) is 24.2 Å². The molecule has 0 bridgehead atoms. The van der Waals surface area contributed by atoms with Crippen molar-refractivity contribution in [2.45, 2.75) is 13.2 Å². The number of anilines is 2. The summed E-state index contributed by atoms with van der Waals surface area (Å²) in [6.07, 6.45) is 0. The van der Waals surface area contributed by atoms with Gasteiger partial charge in [-0.1, -0.05) is 18.2 Å². The monoisotopic (exact) mass is 289 g/mol. The second-order valence-corrected chi connectivity index (χ2v) is 4.30. The van der Waals surface area contributed by atoms with E-state index in [1.807, 2.05) is 24.3 Å². The third-order valence-corrected chi connectivity index (χ3v) is 2.85. The lowest BCUT2D eigenvalue weighted by molar-refractivity contribution is 0.178. The van der Waals surface area contributed by atoms with Crippen molar-refractivity contribution < 1.29 is 9.47 Å². The Morgan fingerprint density at radius 2 is 1.90 bits per heavy atom. The normalized spacial score (nSPS) is 10.2. The van der Waals surface area contributed by atoms with Gasteiger partial charge in [-0.25, -0.2) is 15.8 Å². The topological polar surface area (TPSA) is 94.3 Å². The molecule has 0 spiro atoms. The lowest BCUT2D eigenvalue weighted by Gasteiger charge is -2.11. The summed E-state index contributed by atoms with van der Waals surface area (Å²) in [5, 5.41) is 3.23. The number of ether oxygens (including phenoxy) is 2. The van der Waals surface area contributed by atoms with E-state index in [4.69, 9.17) is 15.3 Å². The molecule has 2 rings (SSSR count). The largest absolute Gasteiger partial charge is 0.496 e. The van der Waals surface area contributed by atoms with E-state index >= 15 is 0 Å². The molecule has 1 aromatic heterocycles. The lowest BCUT2D eigenvalue weighted by Crippen LogP contribution is -2.12. The second kappa shape index (κ2) is 7.41. The maximum atomic E-state index is 5.41. The van der Waals surface area contributed by atoms with Crippen LogP contribution in [0.1, 0.15) is 11.4 Å². The number of nitrogens with two attached hydrogens (primary N) is 1. The molecule has 0 fully saturated rings. The molecule has 2 aromatic rings. The van der Waals surface area contributed by atoms with Crippen molar-refractivity contribution in [3.05, 3.63) is 41.7 Å². The number of hydrogen-bond acceptors (Lipinski definition) is 7. The van der Waals surface area contributed by atoms with Gasteiger partial charge in [0.1, 0.15) is 24.0 Å². The van der Waals surface area contributed by atoms with Crippen LogP contribution in [-0.2, 0) is 17.9 Å². The summed E-state index contributed by atoms with van der Waals surface area (Å²) in [6, 6.07) is 9.53. The number of nitrogens with one attached hydrogen (secondary N) is 2. The summed E-state index contributed by atoms with van der Waals surface area (Å²) < 4.78 is 10.4. The number of rotatable bonds is 7. The number of nitrogen functional groups attached to an aromatic ring is 1. The molecule has 7 heteroatoms. The van der Waals surface area contributed by atoms with Gasteiger partial charge in [0.15, 0.2) is 5.82 Å². The van der Waals surface area contributed by atoms with Gasteiger partial charge in [0.05, 0.1) is 7.11 Å². The number of benzene rings is 1. The van der Waals surface area contributed by atoms with Crippen LogP contribution in [0.2, 0.25) is 0 Å². The molecule has 0 atom stereocenters. The first-order valence-electron chi connectivity index (χ1n) is 6.46. The molecule has 0 aliphatic rings. The van der Waals surface area contributed by atoms with E-state index in [1.54, 1.807) is 20.3 Å². The van der Waals surface area contributed by atoms with E-state index in [9.17, 15) is 0 Å². The van der Waals surface area contributed by atoms with Crippen LogP contribution in [0.3, 0.4) is 0 Å². The SMILES string of the molecule is COCc1nc(NN)cc(NCc2ccccc2OC)n1. The zero-order valence-electron chi connectivity index (χ0n) is 12.1. The van der Waals surface area contributed by atoms with Gasteiger partial charge in [0.25, 0.3) is 0 Å². The van der Waals surface area contributed by atoms with Gasteiger partial charge in [-0.15, -0.1) is 0 Å². The molecule has 4 N–H and O–H groups in total. The summed E-state index contributed by atoms with van der Waals surface area (Å²) in [5.74, 6) is 7.98. The Bertz CT molecular complexity index is 591. The molecule has 7 nitrogen and oxygen atoms in total. The van der Waals surface area contributed by atoms with Gasteiger partial charge in [-0.3, -0.25) is 0 Å². The quantitative estimate of drug-likeness (QED) is 0.525. The molecule has 0 aliphatic heterocycles. The van der Waals surface area contributed by atoms with E-state index < -0.39 is 0 Å². The molecule has 0 aliphatic carbocycles. The number of para-hydroxylation sites is 1. The van der Waals surface area contributed by atoms with Crippen LogP contribution in [0.15, 0.2) is 30.3 Å². The Labute approximate surface area is 123 Å². The fourth-order valence-electron chi connectivity index (χ4n) is 1.89. The molecule has 112 valence electrons. The zero-order chi connectivity index (χ0) is 15.1. The first-order chi connectivity index (χ1) is 10.3. The van der Waals surface area contributed by atoms with Gasteiger partial charge in [-0.05, 0) is 6.07 Å². The van der Waals surface area contributed by atoms with Crippen LogP contribution in [0.5, 0.6) is 5.75 Å². The van der Waals surface area contributed by atoms with Crippen molar-refractivity contribution in [3.8, 4) is 5.75 Å². The summed E-state index contributed by atoms with van der Waals surface area (Å²) in [7, 11) is 3.24. The zero-order valence-corrected chi connectivity index (χ0v) is 12.1. The third kappa shape index (κ3) is 4.04. The summed E-state index contributed by atoms with van der Waals surface area (Å²) >= 11 is 0. The van der Waals surface area contributed by atoms with Crippen LogP contribution >= 0.6 is 0 Å². The number of hydrazine groups is 1. The lowest BCUT2D eigenvalue weighted by atomic mass is 10.2. The van der Waals surface area contributed by atoms with E-state index in [0.717, 1.165) is 11.3 Å². The average Bonchev–Trinajstić information content (AvgIpc) is 2.53. The van der Waals surface area contributed by atoms with Gasteiger partial charge < -0.3 is 20.2 Å². The predicted molar refractivity (Wildman–Crippen MR) is 80.9 cm³/mol. The van der Waals surface area contributed by atoms with Crippen molar-refractivity contribution in [1.82, 2.24) is 9.97 Å². The van der Waals surface area contributed by atoms with Crippen molar-refractivity contribution in [2.24, 2.45) is 5.84 Å². The van der Waals surface area contributed by atoms with Crippen LogP contribution in [0.4, 0.5) is 11.6 Å². The second-order valence-electron chi connectivity index (χ2n) is 4.30. The van der Waals surface area contributed by atoms with E-state index in [2.05, 4.69) is 20.7 Å². The van der Waals surface area contributed by atoms with Crippen molar-refractivity contribution in [3.63, 3.8) is 0 Å². The molecular formula is C14H19N5O2. The standard InChI is InChI=1S/C14H19N5O2/c1-20-9-14-17-12(7-13(18-14)19-15)16-8-10-5-3-4-6-11(10)21-2/h3-7H,8-9,15H2,1-2H3,(H2,16,17,18,19). The molecule has 0 saturated carbocycles. The number of hydrogen-bond donors (Lipinski definition) is 3. The van der Waals surface area contributed by atoms with Crippen LogP contribution in [0, 0.1) is 0 Å². The van der Waals surface area contributed by atoms with Crippen molar-refractivity contribution >= 4 is 11.6 Å². The summed E-state index contributed by atoms with van der Waals surface area (Å²) in [6.45, 7) is 0.899.